The molecular weight excluding hydrogens is 456 g/mol. The SMILES string of the molecule is CC[C@H]1CN2[C@@H](CN(CCN(CC)CC)C(=O)[C@@H]2Cc2cccc(OC)c2)CN1C(=O)OC(C)(C)C. The normalized spacial score (nSPS) is 23.1. The molecule has 2 fully saturated rings. The highest BCUT2D eigenvalue weighted by Gasteiger charge is 2.46. The minimum Gasteiger partial charge on any atom is -0.497 e. The van der Waals surface area contributed by atoms with Gasteiger partial charge in [0, 0.05) is 44.8 Å². The van der Waals surface area contributed by atoms with Crippen molar-refractivity contribution in [3.05, 3.63) is 29.8 Å². The maximum absolute atomic E-state index is 13.9. The molecule has 2 amide bonds. The molecule has 0 spiro atoms. The highest BCUT2D eigenvalue weighted by Crippen LogP contribution is 2.29. The third-order valence-electron chi connectivity index (χ3n) is 7.41. The number of piperazine rings is 2. The van der Waals surface area contributed by atoms with Crippen LogP contribution in [0.15, 0.2) is 24.3 Å². The zero-order chi connectivity index (χ0) is 26.5. The van der Waals surface area contributed by atoms with Crippen LogP contribution in [0, 0.1) is 0 Å². The molecule has 8 heteroatoms. The molecule has 0 unspecified atom stereocenters. The zero-order valence-corrected chi connectivity index (χ0v) is 23.3. The fraction of sp³-hybridized carbons (Fsp3) is 0.714. The average molecular weight is 503 g/mol. The summed E-state index contributed by atoms with van der Waals surface area (Å²) in [4.78, 5) is 35.6. The van der Waals surface area contributed by atoms with Crippen molar-refractivity contribution in [3.8, 4) is 5.75 Å². The van der Waals surface area contributed by atoms with Gasteiger partial charge in [0.2, 0.25) is 5.91 Å². The summed E-state index contributed by atoms with van der Waals surface area (Å²) in [5, 5.41) is 0. The number of likely N-dealkylation sites (N-methyl/N-ethyl adjacent to an activating group) is 1. The van der Waals surface area contributed by atoms with Crippen LogP contribution in [0.3, 0.4) is 0 Å². The first kappa shape index (κ1) is 28.3. The van der Waals surface area contributed by atoms with Gasteiger partial charge >= 0.3 is 6.09 Å². The van der Waals surface area contributed by atoms with Gasteiger partial charge < -0.3 is 24.2 Å². The fourth-order valence-corrected chi connectivity index (χ4v) is 5.34. The number of carbonyl (C=O) groups is 2. The van der Waals surface area contributed by atoms with Gasteiger partial charge in [-0.2, -0.15) is 0 Å². The lowest BCUT2D eigenvalue weighted by Crippen LogP contribution is -2.71. The molecule has 8 nitrogen and oxygen atoms in total. The summed E-state index contributed by atoms with van der Waals surface area (Å²) in [6.07, 6.45) is 1.18. The molecule has 0 N–H and O–H groups in total. The van der Waals surface area contributed by atoms with Crippen molar-refractivity contribution in [2.45, 2.75) is 78.1 Å². The van der Waals surface area contributed by atoms with Gasteiger partial charge in [-0.3, -0.25) is 9.69 Å². The van der Waals surface area contributed by atoms with Gasteiger partial charge in [0.1, 0.15) is 11.4 Å². The summed E-state index contributed by atoms with van der Waals surface area (Å²) in [6, 6.07) is 7.82. The Labute approximate surface area is 217 Å². The Balaban J connectivity index is 1.87. The minimum atomic E-state index is -0.542. The van der Waals surface area contributed by atoms with Crippen molar-refractivity contribution in [3.63, 3.8) is 0 Å². The molecule has 2 aliphatic rings. The van der Waals surface area contributed by atoms with Gasteiger partial charge in [0.25, 0.3) is 0 Å². The summed E-state index contributed by atoms with van der Waals surface area (Å²) >= 11 is 0. The quantitative estimate of drug-likeness (QED) is 0.515. The summed E-state index contributed by atoms with van der Waals surface area (Å²) in [6.45, 7) is 17.5. The van der Waals surface area contributed by atoms with E-state index in [0.717, 1.165) is 37.4 Å². The van der Waals surface area contributed by atoms with Gasteiger partial charge in [-0.25, -0.2) is 4.79 Å². The number of nitrogens with zero attached hydrogens (tertiary/aromatic N) is 4. The van der Waals surface area contributed by atoms with Crippen LogP contribution in [0.4, 0.5) is 4.79 Å². The molecule has 36 heavy (non-hydrogen) atoms. The Kier molecular flexibility index (Phi) is 9.64. The summed E-state index contributed by atoms with van der Waals surface area (Å²) in [5.41, 5.74) is 0.541. The number of rotatable bonds is 9. The van der Waals surface area contributed by atoms with E-state index >= 15 is 0 Å². The van der Waals surface area contributed by atoms with E-state index in [0.29, 0.717) is 32.6 Å². The molecule has 2 aliphatic heterocycles. The summed E-state index contributed by atoms with van der Waals surface area (Å²) < 4.78 is 11.2. The van der Waals surface area contributed by atoms with E-state index in [9.17, 15) is 9.59 Å². The first-order valence-corrected chi connectivity index (χ1v) is 13.5. The van der Waals surface area contributed by atoms with Gasteiger partial charge in [0.15, 0.2) is 0 Å². The Morgan fingerprint density at radius 3 is 2.44 bits per heavy atom. The van der Waals surface area contributed by atoms with Gasteiger partial charge in [-0.05, 0) is 64.4 Å². The lowest BCUT2D eigenvalue weighted by Gasteiger charge is -2.53. The summed E-state index contributed by atoms with van der Waals surface area (Å²) in [5.74, 6) is 0.980. The van der Waals surface area contributed by atoms with Crippen molar-refractivity contribution in [1.82, 2.24) is 19.6 Å². The number of amides is 2. The van der Waals surface area contributed by atoms with Gasteiger partial charge in [-0.1, -0.05) is 32.9 Å². The third-order valence-corrected chi connectivity index (χ3v) is 7.41. The number of hydrogen-bond donors (Lipinski definition) is 0. The van der Waals surface area contributed by atoms with Crippen LogP contribution in [0.5, 0.6) is 5.75 Å². The first-order chi connectivity index (χ1) is 17.1. The molecule has 0 bridgehead atoms. The molecule has 0 aliphatic carbocycles. The third kappa shape index (κ3) is 6.91. The second-order valence-electron chi connectivity index (χ2n) is 10.9. The molecule has 0 aromatic heterocycles. The van der Waals surface area contributed by atoms with E-state index in [1.165, 1.54) is 0 Å². The van der Waals surface area contributed by atoms with Crippen LogP contribution < -0.4 is 4.74 Å². The number of carbonyl (C=O) groups excluding carboxylic acids is 2. The molecule has 3 rings (SSSR count). The molecule has 0 radical (unpaired) electrons. The molecule has 2 heterocycles. The van der Waals surface area contributed by atoms with Crippen molar-refractivity contribution < 1.29 is 19.1 Å². The smallest absolute Gasteiger partial charge is 0.410 e. The maximum Gasteiger partial charge on any atom is 0.410 e. The molecular formula is C28H46N4O4. The lowest BCUT2D eigenvalue weighted by atomic mass is 9.93. The number of ether oxygens (including phenoxy) is 2. The molecule has 0 saturated carbocycles. The van der Waals surface area contributed by atoms with E-state index in [1.54, 1.807) is 7.11 Å². The van der Waals surface area contributed by atoms with Crippen LogP contribution in [0.25, 0.3) is 0 Å². The van der Waals surface area contributed by atoms with Gasteiger partial charge in [-0.15, -0.1) is 0 Å². The average Bonchev–Trinajstić information content (AvgIpc) is 2.85. The topological polar surface area (TPSA) is 65.6 Å². The number of fused-ring (bicyclic) bond motifs is 1. The van der Waals surface area contributed by atoms with Crippen molar-refractivity contribution in [1.29, 1.82) is 0 Å². The molecule has 3 atom stereocenters. The Morgan fingerprint density at radius 2 is 1.83 bits per heavy atom. The first-order valence-electron chi connectivity index (χ1n) is 13.5. The molecule has 1 aromatic carbocycles. The standard InChI is InChI=1S/C28H46N4O4/c1-8-22-19-31-23(20-32(22)27(34)36-28(4,5)6)18-30(15-14-29(9-2)10-3)26(33)25(31)17-21-12-11-13-24(16-21)35-7/h11-13,16,22-23,25H,8-10,14-15,17-20H2,1-7H3/t22-,23-,25-/m0/s1. The Hall–Kier alpha value is -2.32. The second kappa shape index (κ2) is 12.3. The number of methoxy groups -OCH3 is 1. The molecule has 2 saturated heterocycles. The maximum atomic E-state index is 13.9. The van der Waals surface area contributed by atoms with Crippen LogP contribution in [-0.2, 0) is 16.0 Å². The predicted molar refractivity (Wildman–Crippen MR) is 142 cm³/mol. The van der Waals surface area contributed by atoms with Crippen LogP contribution in [0.2, 0.25) is 0 Å². The minimum absolute atomic E-state index is 0.0129. The second-order valence-corrected chi connectivity index (χ2v) is 10.9. The predicted octanol–water partition coefficient (Wildman–Crippen LogP) is 3.49. The summed E-state index contributed by atoms with van der Waals surface area (Å²) in [7, 11) is 1.66. The van der Waals surface area contributed by atoms with Gasteiger partial charge in [0.05, 0.1) is 13.2 Å². The fourth-order valence-electron chi connectivity index (χ4n) is 5.34. The van der Waals surface area contributed by atoms with E-state index in [2.05, 4.69) is 36.6 Å². The zero-order valence-electron chi connectivity index (χ0n) is 23.3. The van der Waals surface area contributed by atoms with Crippen molar-refractivity contribution >= 4 is 12.0 Å². The largest absolute Gasteiger partial charge is 0.497 e. The van der Waals surface area contributed by atoms with E-state index in [-0.39, 0.29) is 30.1 Å². The molecule has 202 valence electrons. The lowest BCUT2D eigenvalue weighted by molar-refractivity contribution is -0.149. The Bertz CT molecular complexity index is 883. The number of hydrogen-bond acceptors (Lipinski definition) is 6. The van der Waals surface area contributed by atoms with Crippen LogP contribution in [-0.4, -0.2) is 108 Å². The van der Waals surface area contributed by atoms with Crippen molar-refractivity contribution in [2.75, 3.05) is 52.9 Å². The van der Waals surface area contributed by atoms with Crippen LogP contribution >= 0.6 is 0 Å². The monoisotopic (exact) mass is 502 g/mol. The Morgan fingerprint density at radius 1 is 1.11 bits per heavy atom. The van der Waals surface area contributed by atoms with Crippen LogP contribution in [0.1, 0.15) is 53.5 Å². The highest BCUT2D eigenvalue weighted by molar-refractivity contribution is 5.83. The van der Waals surface area contributed by atoms with Crippen molar-refractivity contribution in [2.24, 2.45) is 0 Å². The molecule has 1 aromatic rings. The van der Waals surface area contributed by atoms with E-state index in [4.69, 9.17) is 9.47 Å². The van der Waals surface area contributed by atoms with E-state index < -0.39 is 5.60 Å². The van der Waals surface area contributed by atoms with E-state index in [1.807, 2.05) is 48.8 Å². The number of benzene rings is 1. The highest BCUT2D eigenvalue weighted by atomic mass is 16.6.